The SMILES string of the molecule is CN(Cc1cc(Br)cs1)C(CN)c1ccc(Br)c(Cl)c1. The summed E-state index contributed by atoms with van der Waals surface area (Å²) in [7, 11) is 2.08. The maximum atomic E-state index is 6.17. The molecule has 2 rings (SSSR count). The Morgan fingerprint density at radius 2 is 2.10 bits per heavy atom. The first-order valence-electron chi connectivity index (χ1n) is 6.09. The molecule has 0 aliphatic heterocycles. The molecule has 0 radical (unpaired) electrons. The maximum absolute atomic E-state index is 6.17. The summed E-state index contributed by atoms with van der Waals surface area (Å²) < 4.78 is 2.03. The molecule has 1 unspecified atom stereocenters. The minimum Gasteiger partial charge on any atom is -0.329 e. The van der Waals surface area contributed by atoms with Gasteiger partial charge in [-0.15, -0.1) is 11.3 Å². The van der Waals surface area contributed by atoms with E-state index in [9.17, 15) is 0 Å². The second-order valence-electron chi connectivity index (χ2n) is 4.57. The van der Waals surface area contributed by atoms with Crippen LogP contribution >= 0.6 is 54.8 Å². The Morgan fingerprint density at radius 1 is 1.35 bits per heavy atom. The van der Waals surface area contributed by atoms with Crippen LogP contribution in [0.15, 0.2) is 38.6 Å². The lowest BCUT2D eigenvalue weighted by Gasteiger charge is -2.27. The molecule has 0 aliphatic carbocycles. The molecule has 2 aromatic rings. The van der Waals surface area contributed by atoms with Gasteiger partial charge in [-0.25, -0.2) is 0 Å². The zero-order valence-corrected chi connectivity index (χ0v) is 15.7. The van der Waals surface area contributed by atoms with Crippen molar-refractivity contribution >= 4 is 54.8 Å². The van der Waals surface area contributed by atoms with Crippen LogP contribution in [0.25, 0.3) is 0 Å². The van der Waals surface area contributed by atoms with Crippen molar-refractivity contribution in [1.82, 2.24) is 4.90 Å². The van der Waals surface area contributed by atoms with Gasteiger partial charge < -0.3 is 5.73 Å². The highest BCUT2D eigenvalue weighted by molar-refractivity contribution is 9.10. The summed E-state index contributed by atoms with van der Waals surface area (Å²) in [6.07, 6.45) is 0. The first-order valence-corrected chi connectivity index (χ1v) is 8.93. The van der Waals surface area contributed by atoms with Gasteiger partial charge in [0.2, 0.25) is 0 Å². The van der Waals surface area contributed by atoms with Gasteiger partial charge in [0.05, 0.1) is 5.02 Å². The highest BCUT2D eigenvalue weighted by atomic mass is 79.9. The predicted molar refractivity (Wildman–Crippen MR) is 94.4 cm³/mol. The van der Waals surface area contributed by atoms with Gasteiger partial charge in [-0.05, 0) is 62.7 Å². The van der Waals surface area contributed by atoms with E-state index in [0.29, 0.717) is 11.6 Å². The van der Waals surface area contributed by atoms with Crippen molar-refractivity contribution in [1.29, 1.82) is 0 Å². The predicted octanol–water partition coefficient (Wildman–Crippen LogP) is 5.06. The molecule has 0 fully saturated rings. The number of hydrogen-bond donors (Lipinski definition) is 1. The van der Waals surface area contributed by atoms with E-state index in [-0.39, 0.29) is 6.04 Å². The number of nitrogens with zero attached hydrogens (tertiary/aromatic N) is 1. The van der Waals surface area contributed by atoms with E-state index in [4.69, 9.17) is 17.3 Å². The van der Waals surface area contributed by atoms with Crippen LogP contribution in [0, 0.1) is 0 Å². The lowest BCUT2D eigenvalue weighted by atomic mass is 10.1. The molecule has 0 aliphatic rings. The average molecular weight is 439 g/mol. The Hall–Kier alpha value is 0.0900. The number of rotatable bonds is 5. The van der Waals surface area contributed by atoms with Crippen LogP contribution in [-0.2, 0) is 6.54 Å². The number of hydrogen-bond acceptors (Lipinski definition) is 3. The second kappa shape index (κ2) is 7.38. The zero-order chi connectivity index (χ0) is 14.7. The van der Waals surface area contributed by atoms with Crippen molar-refractivity contribution in [2.75, 3.05) is 13.6 Å². The number of likely N-dealkylation sites (N-methyl/N-ethyl adjacent to an activating group) is 1. The van der Waals surface area contributed by atoms with Gasteiger partial charge in [0, 0.05) is 38.3 Å². The molecule has 1 aromatic carbocycles. The highest BCUT2D eigenvalue weighted by Crippen LogP contribution is 2.29. The Labute approximate surface area is 145 Å². The van der Waals surface area contributed by atoms with E-state index in [1.54, 1.807) is 11.3 Å². The summed E-state index contributed by atoms with van der Waals surface area (Å²) in [4.78, 5) is 3.55. The van der Waals surface area contributed by atoms with Gasteiger partial charge in [0.25, 0.3) is 0 Å². The first-order chi connectivity index (χ1) is 9.51. The second-order valence-corrected chi connectivity index (χ2v) is 7.74. The van der Waals surface area contributed by atoms with Crippen LogP contribution in [0.4, 0.5) is 0 Å². The lowest BCUT2D eigenvalue weighted by molar-refractivity contribution is 0.244. The topological polar surface area (TPSA) is 29.3 Å². The molecular weight excluding hydrogens is 423 g/mol. The monoisotopic (exact) mass is 436 g/mol. The fourth-order valence-electron chi connectivity index (χ4n) is 2.08. The Kier molecular flexibility index (Phi) is 6.08. The smallest absolute Gasteiger partial charge is 0.0551 e. The van der Waals surface area contributed by atoms with Crippen LogP contribution in [-0.4, -0.2) is 18.5 Å². The van der Waals surface area contributed by atoms with E-state index < -0.39 is 0 Å². The van der Waals surface area contributed by atoms with E-state index in [2.05, 4.69) is 61.3 Å². The number of halogens is 3. The van der Waals surface area contributed by atoms with Crippen LogP contribution < -0.4 is 5.73 Å². The van der Waals surface area contributed by atoms with E-state index >= 15 is 0 Å². The number of nitrogens with two attached hydrogens (primary N) is 1. The van der Waals surface area contributed by atoms with Gasteiger partial charge >= 0.3 is 0 Å². The third-order valence-corrected chi connectivity index (χ3v) is 6.03. The summed E-state index contributed by atoms with van der Waals surface area (Å²) in [5.74, 6) is 0. The third-order valence-electron chi connectivity index (χ3n) is 3.11. The zero-order valence-electron chi connectivity index (χ0n) is 10.9. The molecule has 1 atom stereocenters. The fourth-order valence-corrected chi connectivity index (χ4v) is 4.03. The van der Waals surface area contributed by atoms with Gasteiger partial charge in [-0.1, -0.05) is 17.7 Å². The van der Waals surface area contributed by atoms with Gasteiger partial charge in [0.15, 0.2) is 0 Å². The Morgan fingerprint density at radius 3 is 2.65 bits per heavy atom. The average Bonchev–Trinajstić information content (AvgIpc) is 2.80. The summed E-state index contributed by atoms with van der Waals surface area (Å²) in [6, 6.07) is 8.30. The molecule has 108 valence electrons. The molecule has 0 saturated heterocycles. The third kappa shape index (κ3) is 4.06. The summed E-state index contributed by atoms with van der Waals surface area (Å²) in [5, 5.41) is 2.81. The molecule has 2 N–H and O–H groups in total. The molecule has 1 heterocycles. The summed E-state index contributed by atoms with van der Waals surface area (Å²) in [6.45, 7) is 1.42. The Bertz CT molecular complexity index is 588. The van der Waals surface area contributed by atoms with E-state index in [1.165, 1.54) is 4.88 Å². The Balaban J connectivity index is 2.16. The number of thiophene rings is 1. The maximum Gasteiger partial charge on any atom is 0.0551 e. The summed E-state index contributed by atoms with van der Waals surface area (Å²) in [5.41, 5.74) is 7.09. The van der Waals surface area contributed by atoms with Crippen LogP contribution in [0.3, 0.4) is 0 Å². The van der Waals surface area contributed by atoms with Gasteiger partial charge in [-0.3, -0.25) is 4.90 Å². The molecule has 0 amide bonds. The standard InChI is InChI=1S/C14H15Br2ClN2S/c1-19(7-11-5-10(15)8-20-11)14(6-18)9-2-3-12(16)13(17)4-9/h2-5,8,14H,6-7,18H2,1H3. The molecule has 0 bridgehead atoms. The van der Waals surface area contributed by atoms with Crippen molar-refractivity contribution in [3.05, 3.63) is 54.1 Å². The van der Waals surface area contributed by atoms with Gasteiger partial charge in [0.1, 0.15) is 0 Å². The normalized spacial score (nSPS) is 12.9. The molecule has 0 spiro atoms. The van der Waals surface area contributed by atoms with Crippen molar-refractivity contribution in [3.63, 3.8) is 0 Å². The molecule has 20 heavy (non-hydrogen) atoms. The molecule has 0 saturated carbocycles. The molecule has 2 nitrogen and oxygen atoms in total. The van der Waals surface area contributed by atoms with Crippen molar-refractivity contribution in [2.45, 2.75) is 12.6 Å². The summed E-state index contributed by atoms with van der Waals surface area (Å²) >= 11 is 14.8. The van der Waals surface area contributed by atoms with Crippen molar-refractivity contribution < 1.29 is 0 Å². The minimum absolute atomic E-state index is 0.154. The fraction of sp³-hybridized carbons (Fsp3) is 0.286. The van der Waals surface area contributed by atoms with E-state index in [0.717, 1.165) is 21.1 Å². The van der Waals surface area contributed by atoms with Crippen molar-refractivity contribution in [2.24, 2.45) is 5.73 Å². The number of benzene rings is 1. The van der Waals surface area contributed by atoms with Crippen LogP contribution in [0.2, 0.25) is 5.02 Å². The largest absolute Gasteiger partial charge is 0.329 e. The highest BCUT2D eigenvalue weighted by Gasteiger charge is 2.17. The minimum atomic E-state index is 0.154. The van der Waals surface area contributed by atoms with Crippen molar-refractivity contribution in [3.8, 4) is 0 Å². The van der Waals surface area contributed by atoms with Gasteiger partial charge in [-0.2, -0.15) is 0 Å². The quantitative estimate of drug-likeness (QED) is 0.707. The first kappa shape index (κ1) is 16.5. The van der Waals surface area contributed by atoms with Crippen LogP contribution in [0.5, 0.6) is 0 Å². The molecular formula is C14H15Br2ClN2S. The molecule has 6 heteroatoms. The van der Waals surface area contributed by atoms with Crippen LogP contribution in [0.1, 0.15) is 16.5 Å². The lowest BCUT2D eigenvalue weighted by Crippen LogP contribution is -2.29. The van der Waals surface area contributed by atoms with E-state index in [1.807, 2.05) is 12.1 Å². The molecule has 1 aromatic heterocycles.